The third-order valence-corrected chi connectivity index (χ3v) is 5.86. The van der Waals surface area contributed by atoms with Gasteiger partial charge < -0.3 is 5.11 Å². The molecule has 5 heteroatoms. The molecular formula is C15H18BrIN2O. The van der Waals surface area contributed by atoms with Crippen LogP contribution in [0.5, 0.6) is 0 Å². The predicted molar refractivity (Wildman–Crippen MR) is 92.8 cm³/mol. The van der Waals surface area contributed by atoms with Gasteiger partial charge in [0, 0.05) is 17.0 Å². The van der Waals surface area contributed by atoms with Gasteiger partial charge in [-0.2, -0.15) is 5.10 Å². The fourth-order valence-electron chi connectivity index (χ4n) is 2.26. The molecule has 1 heterocycles. The molecule has 0 aliphatic rings. The van der Waals surface area contributed by atoms with Gasteiger partial charge in [0.25, 0.3) is 0 Å². The minimum atomic E-state index is -0.516. The van der Waals surface area contributed by atoms with Crippen LogP contribution in [0.3, 0.4) is 0 Å². The van der Waals surface area contributed by atoms with E-state index in [0.717, 1.165) is 31.4 Å². The molecule has 0 fully saturated rings. The Morgan fingerprint density at radius 3 is 2.75 bits per heavy atom. The topological polar surface area (TPSA) is 38.0 Å². The van der Waals surface area contributed by atoms with Crippen LogP contribution in [-0.4, -0.2) is 14.9 Å². The normalized spacial score (nSPS) is 12.7. The molecule has 0 amide bonds. The molecule has 1 atom stereocenters. The molecule has 1 aromatic carbocycles. The third kappa shape index (κ3) is 3.09. The minimum Gasteiger partial charge on any atom is -0.388 e. The Kier molecular flexibility index (Phi) is 5.25. The molecule has 2 aromatic rings. The van der Waals surface area contributed by atoms with Crippen LogP contribution < -0.4 is 0 Å². The smallest absolute Gasteiger partial charge is 0.0856 e. The fraction of sp³-hybridized carbons (Fsp3) is 0.400. The molecule has 1 unspecified atom stereocenters. The summed E-state index contributed by atoms with van der Waals surface area (Å²) < 4.78 is 4.00. The van der Waals surface area contributed by atoms with Crippen LogP contribution in [0.1, 0.15) is 35.5 Å². The van der Waals surface area contributed by atoms with Crippen molar-refractivity contribution in [2.75, 3.05) is 0 Å². The van der Waals surface area contributed by atoms with Crippen LogP contribution in [0.2, 0.25) is 0 Å². The second-order valence-corrected chi connectivity index (χ2v) is 6.75. The number of benzene rings is 1. The van der Waals surface area contributed by atoms with Gasteiger partial charge in [-0.3, -0.25) is 4.68 Å². The standard InChI is InChI=1S/C15H18BrIN2O/c1-4-11-14(16)12(19(3)18-11)8-13(20)10-7-5-6-9(2)15(10)17/h5-7,13,20H,4,8H2,1-3H3. The SMILES string of the molecule is CCc1nn(C)c(CC(O)c2cccc(C)c2I)c1Br. The summed E-state index contributed by atoms with van der Waals surface area (Å²) in [5.41, 5.74) is 4.25. The summed E-state index contributed by atoms with van der Waals surface area (Å²) in [7, 11) is 1.92. The number of aliphatic hydroxyl groups is 1. The highest BCUT2D eigenvalue weighted by Gasteiger charge is 2.19. The van der Waals surface area contributed by atoms with Crippen LogP contribution in [-0.2, 0) is 19.9 Å². The first-order valence-electron chi connectivity index (χ1n) is 6.59. The van der Waals surface area contributed by atoms with Crippen molar-refractivity contribution in [3.63, 3.8) is 0 Å². The molecule has 0 aliphatic carbocycles. The average Bonchev–Trinajstić information content (AvgIpc) is 2.69. The van der Waals surface area contributed by atoms with E-state index in [9.17, 15) is 5.11 Å². The maximum atomic E-state index is 10.5. The van der Waals surface area contributed by atoms with E-state index in [-0.39, 0.29) is 0 Å². The summed E-state index contributed by atoms with van der Waals surface area (Å²) in [6, 6.07) is 6.05. The lowest BCUT2D eigenvalue weighted by atomic mass is 10.0. The molecule has 0 bridgehead atoms. The zero-order valence-corrected chi connectivity index (χ0v) is 15.6. The number of aliphatic hydroxyl groups excluding tert-OH is 1. The molecule has 108 valence electrons. The van der Waals surface area contributed by atoms with Gasteiger partial charge in [0.2, 0.25) is 0 Å². The summed E-state index contributed by atoms with van der Waals surface area (Å²) >= 11 is 5.90. The van der Waals surface area contributed by atoms with E-state index in [2.05, 4.69) is 63.5 Å². The number of nitrogens with zero attached hydrogens (tertiary/aromatic N) is 2. The van der Waals surface area contributed by atoms with Crippen LogP contribution in [0.4, 0.5) is 0 Å². The molecule has 0 spiro atoms. The van der Waals surface area contributed by atoms with Gasteiger partial charge in [0.1, 0.15) is 0 Å². The molecule has 1 N–H and O–H groups in total. The first kappa shape index (κ1) is 16.0. The van der Waals surface area contributed by atoms with E-state index in [1.54, 1.807) is 0 Å². The van der Waals surface area contributed by atoms with E-state index < -0.39 is 6.10 Å². The number of aromatic nitrogens is 2. The zero-order valence-electron chi connectivity index (χ0n) is 11.8. The Morgan fingerprint density at radius 2 is 2.15 bits per heavy atom. The van der Waals surface area contributed by atoms with Gasteiger partial charge in [-0.05, 0) is 63.0 Å². The zero-order chi connectivity index (χ0) is 14.9. The first-order valence-corrected chi connectivity index (χ1v) is 8.46. The van der Waals surface area contributed by atoms with Crippen molar-refractivity contribution in [3.05, 3.63) is 48.8 Å². The van der Waals surface area contributed by atoms with Gasteiger partial charge in [-0.1, -0.05) is 25.1 Å². The fourth-order valence-corrected chi connectivity index (χ4v) is 3.76. The van der Waals surface area contributed by atoms with Crippen LogP contribution >= 0.6 is 38.5 Å². The Labute approximate surface area is 141 Å². The van der Waals surface area contributed by atoms with Gasteiger partial charge in [0.05, 0.1) is 22.0 Å². The van der Waals surface area contributed by atoms with Crippen molar-refractivity contribution in [1.29, 1.82) is 0 Å². The Balaban J connectivity index is 2.30. The van der Waals surface area contributed by atoms with Gasteiger partial charge in [-0.25, -0.2) is 0 Å². The molecule has 0 saturated heterocycles. The lowest BCUT2D eigenvalue weighted by molar-refractivity contribution is 0.174. The highest BCUT2D eigenvalue weighted by molar-refractivity contribution is 14.1. The van der Waals surface area contributed by atoms with E-state index in [0.29, 0.717) is 6.42 Å². The summed E-state index contributed by atoms with van der Waals surface area (Å²) in [5, 5.41) is 15.0. The first-order chi connectivity index (χ1) is 9.45. The molecule has 1 aromatic heterocycles. The number of halogens is 2. The highest BCUT2D eigenvalue weighted by atomic mass is 127. The lowest BCUT2D eigenvalue weighted by Gasteiger charge is -2.15. The Hall–Kier alpha value is -0.400. The predicted octanol–water partition coefficient (Wildman–Crippen LogP) is 3.93. The van der Waals surface area contributed by atoms with E-state index in [4.69, 9.17) is 0 Å². The molecule has 0 saturated carbocycles. The molecule has 0 aliphatic heterocycles. The summed E-state index contributed by atoms with van der Waals surface area (Å²) in [6.45, 7) is 4.14. The van der Waals surface area contributed by atoms with Crippen LogP contribution in [0, 0.1) is 10.5 Å². The summed E-state index contributed by atoms with van der Waals surface area (Å²) in [5.74, 6) is 0. The molecule has 3 nitrogen and oxygen atoms in total. The van der Waals surface area contributed by atoms with E-state index in [1.165, 1.54) is 5.56 Å². The monoisotopic (exact) mass is 448 g/mol. The molecule has 20 heavy (non-hydrogen) atoms. The number of hydrogen-bond donors (Lipinski definition) is 1. The van der Waals surface area contributed by atoms with E-state index >= 15 is 0 Å². The van der Waals surface area contributed by atoms with E-state index in [1.807, 2.05) is 23.9 Å². The highest BCUT2D eigenvalue weighted by Crippen LogP contribution is 2.29. The number of aryl methyl sites for hydroxylation is 3. The lowest BCUT2D eigenvalue weighted by Crippen LogP contribution is -2.08. The van der Waals surface area contributed by atoms with Gasteiger partial charge in [0.15, 0.2) is 0 Å². The number of rotatable bonds is 4. The van der Waals surface area contributed by atoms with Gasteiger partial charge >= 0.3 is 0 Å². The van der Waals surface area contributed by atoms with Gasteiger partial charge in [-0.15, -0.1) is 0 Å². The third-order valence-electron chi connectivity index (χ3n) is 3.47. The summed E-state index contributed by atoms with van der Waals surface area (Å²) in [4.78, 5) is 0. The second-order valence-electron chi connectivity index (χ2n) is 4.88. The number of hydrogen-bond acceptors (Lipinski definition) is 2. The largest absolute Gasteiger partial charge is 0.388 e. The summed E-state index contributed by atoms with van der Waals surface area (Å²) in [6.07, 6.45) is 0.925. The Morgan fingerprint density at radius 1 is 1.45 bits per heavy atom. The second kappa shape index (κ2) is 6.58. The molecule has 0 radical (unpaired) electrons. The van der Waals surface area contributed by atoms with Crippen LogP contribution in [0.15, 0.2) is 22.7 Å². The van der Waals surface area contributed by atoms with Crippen molar-refractivity contribution in [2.45, 2.75) is 32.8 Å². The maximum Gasteiger partial charge on any atom is 0.0856 e. The minimum absolute atomic E-state index is 0.516. The Bertz CT molecular complexity index is 625. The van der Waals surface area contributed by atoms with Crippen molar-refractivity contribution in [1.82, 2.24) is 9.78 Å². The quantitative estimate of drug-likeness (QED) is 0.719. The van der Waals surface area contributed by atoms with Crippen molar-refractivity contribution < 1.29 is 5.11 Å². The average molecular weight is 449 g/mol. The van der Waals surface area contributed by atoms with Crippen molar-refractivity contribution in [2.24, 2.45) is 7.05 Å². The van der Waals surface area contributed by atoms with Crippen molar-refractivity contribution in [3.8, 4) is 0 Å². The molecule has 2 rings (SSSR count). The maximum absolute atomic E-state index is 10.5. The van der Waals surface area contributed by atoms with Crippen molar-refractivity contribution >= 4 is 38.5 Å². The molecular weight excluding hydrogens is 431 g/mol. The van der Waals surface area contributed by atoms with Crippen LogP contribution in [0.25, 0.3) is 0 Å².